The average Bonchev–Trinajstić information content (AvgIpc) is 2.95. The lowest BCUT2D eigenvalue weighted by Crippen LogP contribution is -2.57. The van der Waals surface area contributed by atoms with Crippen molar-refractivity contribution in [1.82, 2.24) is 0 Å². The van der Waals surface area contributed by atoms with Gasteiger partial charge < -0.3 is 18.9 Å². The predicted octanol–water partition coefficient (Wildman–Crippen LogP) is 1.66. The van der Waals surface area contributed by atoms with E-state index in [9.17, 15) is 20.2 Å². The summed E-state index contributed by atoms with van der Waals surface area (Å²) in [5, 5.41) is 22.9. The van der Waals surface area contributed by atoms with Gasteiger partial charge in [0.2, 0.25) is 6.79 Å². The summed E-state index contributed by atoms with van der Waals surface area (Å²) < 4.78 is 21.2. The van der Waals surface area contributed by atoms with E-state index >= 15 is 0 Å². The normalized spacial score (nSPS) is 20.6. The Bertz CT molecular complexity index is 692. The fourth-order valence-electron chi connectivity index (χ4n) is 2.61. The highest BCUT2D eigenvalue weighted by Crippen LogP contribution is 2.40. The first-order valence-corrected chi connectivity index (χ1v) is 7.22. The summed E-state index contributed by atoms with van der Waals surface area (Å²) in [6, 6.07) is 2.63. The van der Waals surface area contributed by atoms with Gasteiger partial charge in [0.15, 0.2) is 17.3 Å². The number of nitro groups is 2. The van der Waals surface area contributed by atoms with Crippen LogP contribution in [0.1, 0.15) is 19.4 Å². The zero-order valence-corrected chi connectivity index (χ0v) is 13.1. The first-order valence-electron chi connectivity index (χ1n) is 7.22. The molecule has 0 unspecified atom stereocenters. The van der Waals surface area contributed by atoms with Gasteiger partial charge in [-0.15, -0.1) is 0 Å². The molecule has 2 aliphatic rings. The highest BCUT2D eigenvalue weighted by atomic mass is 16.7. The minimum atomic E-state index is -1.60. The Labute approximate surface area is 136 Å². The second kappa shape index (κ2) is 5.56. The number of nitro benzene ring substituents is 1. The molecule has 2 heterocycles. The van der Waals surface area contributed by atoms with Crippen LogP contribution < -0.4 is 9.47 Å². The minimum absolute atomic E-state index is 0.0449. The quantitative estimate of drug-likeness (QED) is 0.599. The first-order chi connectivity index (χ1) is 11.2. The van der Waals surface area contributed by atoms with Crippen LogP contribution in [0.3, 0.4) is 0 Å². The fourth-order valence-corrected chi connectivity index (χ4v) is 2.61. The number of hydrogen-bond acceptors (Lipinski definition) is 8. The van der Waals surface area contributed by atoms with Crippen molar-refractivity contribution in [2.45, 2.75) is 31.6 Å². The van der Waals surface area contributed by atoms with Crippen LogP contribution in [0.25, 0.3) is 0 Å². The van der Waals surface area contributed by atoms with E-state index in [2.05, 4.69) is 0 Å². The number of ether oxygens (including phenoxy) is 4. The minimum Gasteiger partial charge on any atom is -0.454 e. The molecule has 0 spiro atoms. The molecule has 1 aromatic rings. The van der Waals surface area contributed by atoms with Gasteiger partial charge in [-0.25, -0.2) is 0 Å². The van der Waals surface area contributed by atoms with Gasteiger partial charge in [0.1, 0.15) is 13.2 Å². The van der Waals surface area contributed by atoms with Crippen LogP contribution in [0.5, 0.6) is 11.5 Å². The lowest BCUT2D eigenvalue weighted by atomic mass is 9.90. The summed E-state index contributed by atoms with van der Waals surface area (Å²) in [5.74, 6) is -0.356. The molecule has 2 aliphatic heterocycles. The van der Waals surface area contributed by atoms with Crippen LogP contribution in [0.2, 0.25) is 0 Å². The van der Waals surface area contributed by atoms with E-state index in [1.807, 2.05) is 0 Å². The van der Waals surface area contributed by atoms with Crippen molar-refractivity contribution in [2.24, 2.45) is 0 Å². The fraction of sp³-hybridized carbons (Fsp3) is 0.571. The third kappa shape index (κ3) is 2.85. The molecule has 1 saturated heterocycles. The summed E-state index contributed by atoms with van der Waals surface area (Å²) in [6.07, 6.45) is -0.219. The maximum Gasteiger partial charge on any atom is 0.276 e. The van der Waals surface area contributed by atoms with Crippen LogP contribution in [0, 0.1) is 20.2 Å². The Morgan fingerprint density at radius 3 is 2.21 bits per heavy atom. The van der Waals surface area contributed by atoms with Crippen molar-refractivity contribution in [3.8, 4) is 11.5 Å². The van der Waals surface area contributed by atoms with Crippen LogP contribution in [0.15, 0.2) is 12.1 Å². The average molecular weight is 340 g/mol. The molecule has 0 saturated carbocycles. The van der Waals surface area contributed by atoms with Gasteiger partial charge >= 0.3 is 0 Å². The second-order valence-electron chi connectivity index (χ2n) is 6.23. The van der Waals surface area contributed by atoms with Crippen molar-refractivity contribution in [2.75, 3.05) is 20.0 Å². The number of rotatable bonds is 4. The Hall–Kier alpha value is -2.46. The zero-order chi connectivity index (χ0) is 17.5. The summed E-state index contributed by atoms with van der Waals surface area (Å²) >= 11 is 0. The van der Waals surface area contributed by atoms with Crippen molar-refractivity contribution in [1.29, 1.82) is 0 Å². The van der Waals surface area contributed by atoms with E-state index in [1.54, 1.807) is 13.8 Å². The van der Waals surface area contributed by atoms with Gasteiger partial charge in [-0.05, 0) is 19.9 Å². The highest BCUT2D eigenvalue weighted by Gasteiger charge is 2.51. The molecule has 130 valence electrons. The molecule has 0 atom stereocenters. The van der Waals surface area contributed by atoms with Crippen molar-refractivity contribution in [3.05, 3.63) is 37.9 Å². The number of nitrogens with zero attached hydrogens (tertiary/aromatic N) is 2. The van der Waals surface area contributed by atoms with E-state index in [1.165, 1.54) is 12.1 Å². The third-order valence-corrected chi connectivity index (χ3v) is 4.05. The number of fused-ring (bicyclic) bond motifs is 1. The second-order valence-corrected chi connectivity index (χ2v) is 6.23. The van der Waals surface area contributed by atoms with E-state index < -0.39 is 21.2 Å². The van der Waals surface area contributed by atoms with Gasteiger partial charge in [-0.2, -0.15) is 0 Å². The van der Waals surface area contributed by atoms with Gasteiger partial charge in [0.25, 0.3) is 11.2 Å². The molecule has 0 radical (unpaired) electrons. The smallest absolute Gasteiger partial charge is 0.276 e. The molecular formula is C14H16N2O8. The molecule has 10 heteroatoms. The zero-order valence-electron chi connectivity index (χ0n) is 13.1. The van der Waals surface area contributed by atoms with Crippen molar-refractivity contribution >= 4 is 5.69 Å². The molecule has 0 aliphatic carbocycles. The Morgan fingerprint density at radius 1 is 1.08 bits per heavy atom. The first kappa shape index (κ1) is 16.4. The van der Waals surface area contributed by atoms with Gasteiger partial charge in [-0.1, -0.05) is 0 Å². The van der Waals surface area contributed by atoms with E-state index in [4.69, 9.17) is 18.9 Å². The molecule has 0 N–H and O–H groups in total. The number of hydrogen-bond donors (Lipinski definition) is 0. The summed E-state index contributed by atoms with van der Waals surface area (Å²) in [7, 11) is 0. The Morgan fingerprint density at radius 2 is 1.67 bits per heavy atom. The standard InChI is InChI=1S/C14H16N2O8/c1-13(2)23-6-14(7-24-13,16(19)20)5-9-3-11-12(22-8-21-11)4-10(9)15(17)18/h3-4H,5-8H2,1-2H3. The van der Waals surface area contributed by atoms with Gasteiger partial charge in [-0.3, -0.25) is 20.2 Å². The Balaban J connectivity index is 1.96. The largest absolute Gasteiger partial charge is 0.454 e. The molecule has 0 amide bonds. The van der Waals surface area contributed by atoms with Gasteiger partial charge in [0, 0.05) is 10.5 Å². The summed E-state index contributed by atoms with van der Waals surface area (Å²) in [6.45, 7) is 2.84. The molecule has 0 aromatic heterocycles. The molecule has 24 heavy (non-hydrogen) atoms. The summed E-state index contributed by atoms with van der Waals surface area (Å²) in [5.41, 5.74) is -1.69. The highest BCUT2D eigenvalue weighted by molar-refractivity contribution is 5.55. The molecule has 1 fully saturated rings. The van der Waals surface area contributed by atoms with E-state index in [-0.39, 0.29) is 43.4 Å². The summed E-state index contributed by atoms with van der Waals surface area (Å²) in [4.78, 5) is 21.8. The molecular weight excluding hydrogens is 324 g/mol. The van der Waals surface area contributed by atoms with Crippen molar-refractivity contribution < 1.29 is 28.8 Å². The molecule has 0 bridgehead atoms. The van der Waals surface area contributed by atoms with E-state index in [0.717, 1.165) is 0 Å². The monoisotopic (exact) mass is 340 g/mol. The van der Waals surface area contributed by atoms with Crippen LogP contribution in [-0.2, 0) is 15.9 Å². The topological polar surface area (TPSA) is 123 Å². The number of benzene rings is 1. The van der Waals surface area contributed by atoms with Crippen molar-refractivity contribution in [3.63, 3.8) is 0 Å². The maximum absolute atomic E-state index is 11.6. The maximum atomic E-state index is 11.6. The molecule has 1 aromatic carbocycles. The third-order valence-electron chi connectivity index (χ3n) is 4.05. The van der Waals surface area contributed by atoms with Crippen LogP contribution in [-0.4, -0.2) is 41.2 Å². The Kier molecular flexibility index (Phi) is 3.80. The molecule has 3 rings (SSSR count). The SMILES string of the molecule is CC1(C)OCC(Cc2cc3c(cc2[N+](=O)[O-])OCO3)([N+](=O)[O-])CO1. The van der Waals surface area contributed by atoms with Crippen LogP contribution in [0.4, 0.5) is 5.69 Å². The van der Waals surface area contributed by atoms with E-state index in [0.29, 0.717) is 5.75 Å². The van der Waals surface area contributed by atoms with Crippen LogP contribution >= 0.6 is 0 Å². The molecule has 10 nitrogen and oxygen atoms in total. The lowest BCUT2D eigenvalue weighted by Gasteiger charge is -2.37. The predicted molar refractivity (Wildman–Crippen MR) is 78.6 cm³/mol. The lowest BCUT2D eigenvalue weighted by molar-refractivity contribution is -0.595. The van der Waals surface area contributed by atoms with Gasteiger partial charge in [0.05, 0.1) is 17.4 Å².